The molecule has 1 aromatic carbocycles. The number of nitrogens with one attached hydrogen (secondary N) is 1. The Hall–Kier alpha value is -0.870. The largest absolute Gasteiger partial charge is 0.356 e. The molecule has 100 valence electrons. The zero-order valence-electron chi connectivity index (χ0n) is 11.0. The molecule has 0 fully saturated rings. The van der Waals surface area contributed by atoms with Crippen LogP contribution in [0.2, 0.25) is 0 Å². The van der Waals surface area contributed by atoms with E-state index in [9.17, 15) is 4.79 Å². The number of amides is 1. The molecule has 0 aliphatic heterocycles. The summed E-state index contributed by atoms with van der Waals surface area (Å²) in [6, 6.07) is 6.30. The van der Waals surface area contributed by atoms with Crippen LogP contribution in [0.25, 0.3) is 0 Å². The Kier molecular flexibility index (Phi) is 6.36. The van der Waals surface area contributed by atoms with Crippen LogP contribution in [-0.2, 0) is 11.2 Å². The molecule has 0 saturated heterocycles. The highest BCUT2D eigenvalue weighted by molar-refractivity contribution is 9.10. The third-order valence-electron chi connectivity index (χ3n) is 2.85. The van der Waals surface area contributed by atoms with Crippen molar-refractivity contribution in [2.45, 2.75) is 39.2 Å². The summed E-state index contributed by atoms with van der Waals surface area (Å²) >= 11 is 3.46. The topological polar surface area (TPSA) is 55.1 Å². The lowest BCUT2D eigenvalue weighted by molar-refractivity contribution is -0.121. The molecule has 3 nitrogen and oxygen atoms in total. The maximum atomic E-state index is 11.5. The van der Waals surface area contributed by atoms with Crippen molar-refractivity contribution in [2.75, 3.05) is 6.54 Å². The molecule has 3 N–H and O–H groups in total. The van der Waals surface area contributed by atoms with Gasteiger partial charge in [-0.2, -0.15) is 0 Å². The lowest BCUT2D eigenvalue weighted by atomic mass is 10.1. The standard InChI is InChI=1S/C14H21BrN2O/c1-10-3-5-13(15)9-12(10)7-8-17-14(18)6-4-11(2)16/h3,5,9,11H,4,6-8,16H2,1-2H3,(H,17,18). The number of halogens is 1. The summed E-state index contributed by atoms with van der Waals surface area (Å²) < 4.78 is 1.08. The molecular weight excluding hydrogens is 292 g/mol. The van der Waals surface area contributed by atoms with Gasteiger partial charge in [-0.25, -0.2) is 0 Å². The minimum Gasteiger partial charge on any atom is -0.356 e. The number of carbonyl (C=O) groups excluding carboxylic acids is 1. The van der Waals surface area contributed by atoms with Crippen LogP contribution in [0.15, 0.2) is 22.7 Å². The quantitative estimate of drug-likeness (QED) is 0.848. The van der Waals surface area contributed by atoms with Gasteiger partial charge in [0.25, 0.3) is 0 Å². The number of carbonyl (C=O) groups is 1. The first kappa shape index (κ1) is 15.2. The van der Waals surface area contributed by atoms with E-state index in [1.165, 1.54) is 11.1 Å². The van der Waals surface area contributed by atoms with Crippen LogP contribution in [-0.4, -0.2) is 18.5 Å². The lowest BCUT2D eigenvalue weighted by Crippen LogP contribution is -2.27. The van der Waals surface area contributed by atoms with Crippen molar-refractivity contribution in [3.05, 3.63) is 33.8 Å². The molecule has 0 radical (unpaired) electrons. The highest BCUT2D eigenvalue weighted by Crippen LogP contribution is 2.16. The molecule has 0 heterocycles. The fourth-order valence-electron chi connectivity index (χ4n) is 1.69. The second-order valence-corrected chi connectivity index (χ2v) is 5.60. The second-order valence-electron chi connectivity index (χ2n) is 4.69. The first-order valence-electron chi connectivity index (χ1n) is 6.26. The maximum Gasteiger partial charge on any atom is 0.220 e. The molecule has 1 aromatic rings. The van der Waals surface area contributed by atoms with Crippen molar-refractivity contribution in [1.29, 1.82) is 0 Å². The molecule has 0 aliphatic rings. The number of rotatable bonds is 6. The molecule has 1 unspecified atom stereocenters. The first-order valence-corrected chi connectivity index (χ1v) is 7.05. The maximum absolute atomic E-state index is 11.5. The van der Waals surface area contributed by atoms with E-state index in [0.29, 0.717) is 13.0 Å². The van der Waals surface area contributed by atoms with Gasteiger partial charge in [0.1, 0.15) is 0 Å². The third-order valence-corrected chi connectivity index (χ3v) is 3.35. The average Bonchev–Trinajstić information content (AvgIpc) is 2.31. The van der Waals surface area contributed by atoms with Gasteiger partial charge in [0.2, 0.25) is 5.91 Å². The Morgan fingerprint density at radius 3 is 2.89 bits per heavy atom. The first-order chi connectivity index (χ1) is 8.49. The molecule has 1 rings (SSSR count). The van der Waals surface area contributed by atoms with E-state index in [2.05, 4.69) is 40.3 Å². The normalized spacial score (nSPS) is 12.2. The summed E-state index contributed by atoms with van der Waals surface area (Å²) in [6.45, 7) is 4.67. The second kappa shape index (κ2) is 7.54. The summed E-state index contributed by atoms with van der Waals surface area (Å²) in [7, 11) is 0. The van der Waals surface area contributed by atoms with Crippen molar-refractivity contribution < 1.29 is 4.79 Å². The van der Waals surface area contributed by atoms with Crippen LogP contribution < -0.4 is 11.1 Å². The Bertz CT molecular complexity index is 405. The van der Waals surface area contributed by atoms with E-state index >= 15 is 0 Å². The van der Waals surface area contributed by atoms with E-state index < -0.39 is 0 Å². The van der Waals surface area contributed by atoms with Crippen LogP contribution in [0.4, 0.5) is 0 Å². The number of aryl methyl sites for hydroxylation is 1. The molecule has 4 heteroatoms. The van der Waals surface area contributed by atoms with Crippen molar-refractivity contribution >= 4 is 21.8 Å². The van der Waals surface area contributed by atoms with Gasteiger partial charge >= 0.3 is 0 Å². The number of hydrogen-bond donors (Lipinski definition) is 2. The molecular formula is C14H21BrN2O. The Morgan fingerprint density at radius 2 is 2.22 bits per heavy atom. The molecule has 0 bridgehead atoms. The Balaban J connectivity index is 2.33. The van der Waals surface area contributed by atoms with E-state index in [4.69, 9.17) is 5.73 Å². The van der Waals surface area contributed by atoms with Gasteiger partial charge in [-0.1, -0.05) is 22.0 Å². The van der Waals surface area contributed by atoms with Crippen molar-refractivity contribution in [3.8, 4) is 0 Å². The monoisotopic (exact) mass is 312 g/mol. The predicted molar refractivity (Wildman–Crippen MR) is 78.5 cm³/mol. The van der Waals surface area contributed by atoms with Crippen LogP contribution in [0.1, 0.15) is 30.9 Å². The van der Waals surface area contributed by atoms with E-state index in [1.807, 2.05) is 13.0 Å². The molecule has 0 aromatic heterocycles. The van der Waals surface area contributed by atoms with E-state index in [-0.39, 0.29) is 11.9 Å². The summed E-state index contributed by atoms with van der Waals surface area (Å²) in [5.41, 5.74) is 8.13. The van der Waals surface area contributed by atoms with Gasteiger partial charge in [-0.15, -0.1) is 0 Å². The van der Waals surface area contributed by atoms with Crippen molar-refractivity contribution in [1.82, 2.24) is 5.32 Å². The summed E-state index contributed by atoms with van der Waals surface area (Å²) in [6.07, 6.45) is 2.10. The fraction of sp³-hybridized carbons (Fsp3) is 0.500. The summed E-state index contributed by atoms with van der Waals surface area (Å²) in [4.78, 5) is 11.5. The minimum atomic E-state index is 0.0833. The highest BCUT2D eigenvalue weighted by Gasteiger charge is 2.04. The van der Waals surface area contributed by atoms with Crippen LogP contribution in [0.3, 0.4) is 0 Å². The highest BCUT2D eigenvalue weighted by atomic mass is 79.9. The summed E-state index contributed by atoms with van der Waals surface area (Å²) in [5.74, 6) is 0.0833. The Labute approximate surface area is 117 Å². The number of nitrogens with two attached hydrogens (primary N) is 1. The van der Waals surface area contributed by atoms with Crippen LogP contribution in [0, 0.1) is 6.92 Å². The lowest BCUT2D eigenvalue weighted by Gasteiger charge is -2.09. The molecule has 1 atom stereocenters. The van der Waals surface area contributed by atoms with Crippen molar-refractivity contribution in [3.63, 3.8) is 0 Å². The molecule has 1 amide bonds. The van der Waals surface area contributed by atoms with E-state index in [1.54, 1.807) is 0 Å². The van der Waals surface area contributed by atoms with Gasteiger partial charge in [0.15, 0.2) is 0 Å². The zero-order valence-corrected chi connectivity index (χ0v) is 12.6. The minimum absolute atomic E-state index is 0.0833. The van der Waals surface area contributed by atoms with Gasteiger partial charge in [0, 0.05) is 23.5 Å². The third kappa shape index (κ3) is 5.65. The van der Waals surface area contributed by atoms with Gasteiger partial charge in [-0.3, -0.25) is 4.79 Å². The van der Waals surface area contributed by atoms with Gasteiger partial charge < -0.3 is 11.1 Å². The molecule has 0 aliphatic carbocycles. The zero-order chi connectivity index (χ0) is 13.5. The van der Waals surface area contributed by atoms with Gasteiger partial charge in [0.05, 0.1) is 0 Å². The Morgan fingerprint density at radius 1 is 1.50 bits per heavy atom. The SMILES string of the molecule is Cc1ccc(Br)cc1CCNC(=O)CCC(C)N. The van der Waals surface area contributed by atoms with Crippen LogP contribution >= 0.6 is 15.9 Å². The molecule has 18 heavy (non-hydrogen) atoms. The number of benzene rings is 1. The van der Waals surface area contributed by atoms with Crippen LogP contribution in [0.5, 0.6) is 0 Å². The predicted octanol–water partition coefficient (Wildman–Crippen LogP) is 2.54. The number of hydrogen-bond acceptors (Lipinski definition) is 2. The van der Waals surface area contributed by atoms with Crippen molar-refractivity contribution in [2.24, 2.45) is 5.73 Å². The van der Waals surface area contributed by atoms with E-state index in [0.717, 1.165) is 17.3 Å². The smallest absolute Gasteiger partial charge is 0.220 e. The fourth-order valence-corrected chi connectivity index (χ4v) is 2.10. The summed E-state index contributed by atoms with van der Waals surface area (Å²) in [5, 5.41) is 2.92. The molecule has 0 spiro atoms. The average molecular weight is 313 g/mol. The van der Waals surface area contributed by atoms with Gasteiger partial charge in [-0.05, 0) is 49.9 Å². The molecule has 0 saturated carbocycles.